The summed E-state index contributed by atoms with van der Waals surface area (Å²) in [5.41, 5.74) is 1.46. The van der Waals surface area contributed by atoms with Gasteiger partial charge < -0.3 is 10.1 Å². The third-order valence-corrected chi connectivity index (χ3v) is 3.58. The van der Waals surface area contributed by atoms with Gasteiger partial charge in [-0.3, -0.25) is 9.59 Å². The fourth-order valence-electron chi connectivity index (χ4n) is 1.88. The Bertz CT molecular complexity index is 704. The molecule has 0 fully saturated rings. The maximum atomic E-state index is 12.2. The molecule has 22 heavy (non-hydrogen) atoms. The zero-order valence-corrected chi connectivity index (χ0v) is 13.5. The highest BCUT2D eigenvalue weighted by Crippen LogP contribution is 2.34. The van der Waals surface area contributed by atoms with E-state index in [2.05, 4.69) is 5.32 Å². The lowest BCUT2D eigenvalue weighted by Gasteiger charge is -2.09. The Hall–Kier alpha value is -2.04. The van der Waals surface area contributed by atoms with Crippen molar-refractivity contribution < 1.29 is 14.3 Å². The molecular formula is C16H13Cl2NO3. The van der Waals surface area contributed by atoms with Gasteiger partial charge in [-0.15, -0.1) is 0 Å². The van der Waals surface area contributed by atoms with Crippen LogP contribution in [0.3, 0.4) is 0 Å². The Kier molecular flexibility index (Phi) is 5.06. The number of hydrogen-bond donors (Lipinski definition) is 1. The van der Waals surface area contributed by atoms with Crippen molar-refractivity contribution in [2.24, 2.45) is 0 Å². The van der Waals surface area contributed by atoms with E-state index in [4.69, 9.17) is 27.9 Å². The molecule has 0 saturated carbocycles. The Balaban J connectivity index is 2.20. The molecule has 2 aromatic carbocycles. The van der Waals surface area contributed by atoms with Gasteiger partial charge in [-0.05, 0) is 43.3 Å². The van der Waals surface area contributed by atoms with Gasteiger partial charge in [-0.2, -0.15) is 0 Å². The number of ether oxygens (including phenoxy) is 1. The molecule has 114 valence electrons. The number of carbonyl (C=O) groups is 2. The van der Waals surface area contributed by atoms with Crippen LogP contribution in [0.15, 0.2) is 36.4 Å². The monoisotopic (exact) mass is 337 g/mol. The number of nitrogens with one attached hydrogen (secondary N) is 1. The minimum absolute atomic E-state index is 0.0356. The number of methoxy groups -OCH3 is 1. The van der Waals surface area contributed by atoms with E-state index in [1.54, 1.807) is 24.3 Å². The number of anilines is 1. The van der Waals surface area contributed by atoms with Crippen LogP contribution in [-0.2, 0) is 0 Å². The Labute approximate surface area is 138 Å². The first-order valence-corrected chi connectivity index (χ1v) is 7.13. The summed E-state index contributed by atoms with van der Waals surface area (Å²) < 4.78 is 5.04. The van der Waals surface area contributed by atoms with Gasteiger partial charge in [0, 0.05) is 16.8 Å². The summed E-state index contributed by atoms with van der Waals surface area (Å²) in [7, 11) is 1.45. The minimum Gasteiger partial charge on any atom is -0.494 e. The molecule has 0 spiro atoms. The number of amides is 1. The van der Waals surface area contributed by atoms with E-state index < -0.39 is 0 Å². The summed E-state index contributed by atoms with van der Waals surface area (Å²) in [6, 6.07) is 9.55. The van der Waals surface area contributed by atoms with E-state index in [0.29, 0.717) is 22.6 Å². The van der Waals surface area contributed by atoms with Crippen LogP contribution >= 0.6 is 23.2 Å². The second-order valence-electron chi connectivity index (χ2n) is 4.56. The van der Waals surface area contributed by atoms with Crippen LogP contribution in [-0.4, -0.2) is 18.8 Å². The normalized spacial score (nSPS) is 10.2. The van der Waals surface area contributed by atoms with Crippen LogP contribution in [0.25, 0.3) is 0 Å². The van der Waals surface area contributed by atoms with Crippen molar-refractivity contribution in [3.63, 3.8) is 0 Å². The van der Waals surface area contributed by atoms with Gasteiger partial charge in [-0.25, -0.2) is 0 Å². The third-order valence-electron chi connectivity index (χ3n) is 3.01. The number of halogens is 2. The van der Waals surface area contributed by atoms with Crippen molar-refractivity contribution in [1.29, 1.82) is 0 Å². The quantitative estimate of drug-likeness (QED) is 0.838. The second kappa shape index (κ2) is 6.81. The van der Waals surface area contributed by atoms with E-state index in [1.807, 2.05) is 0 Å². The van der Waals surface area contributed by atoms with E-state index in [9.17, 15) is 9.59 Å². The number of hydrogen-bond acceptors (Lipinski definition) is 3. The Morgan fingerprint density at radius 2 is 1.55 bits per heavy atom. The fraction of sp³-hybridized carbons (Fsp3) is 0.125. The zero-order valence-electron chi connectivity index (χ0n) is 11.9. The van der Waals surface area contributed by atoms with Crippen molar-refractivity contribution >= 4 is 40.6 Å². The standard InChI is InChI=1S/C16H13Cl2NO3/c1-9(20)10-3-5-12(6-4-10)19-16(21)11-7-13(17)15(22-2)14(18)8-11/h3-8H,1-2H3,(H,19,21). The van der Waals surface area contributed by atoms with Crippen LogP contribution in [0.1, 0.15) is 27.6 Å². The predicted molar refractivity (Wildman–Crippen MR) is 87.4 cm³/mol. The van der Waals surface area contributed by atoms with Crippen molar-refractivity contribution in [2.75, 3.05) is 12.4 Å². The molecule has 0 saturated heterocycles. The zero-order chi connectivity index (χ0) is 16.3. The predicted octanol–water partition coefficient (Wildman–Crippen LogP) is 4.46. The van der Waals surface area contributed by atoms with Crippen LogP contribution in [0.4, 0.5) is 5.69 Å². The van der Waals surface area contributed by atoms with Gasteiger partial charge in [0.25, 0.3) is 5.91 Å². The van der Waals surface area contributed by atoms with Crippen LogP contribution in [0.5, 0.6) is 5.75 Å². The lowest BCUT2D eigenvalue weighted by Crippen LogP contribution is -2.12. The summed E-state index contributed by atoms with van der Waals surface area (Å²) >= 11 is 12.0. The molecule has 0 radical (unpaired) electrons. The molecule has 0 aromatic heterocycles. The molecule has 2 rings (SSSR count). The Morgan fingerprint density at radius 3 is 2.00 bits per heavy atom. The van der Waals surface area contributed by atoms with Gasteiger partial charge in [0.2, 0.25) is 0 Å². The first-order chi connectivity index (χ1) is 10.4. The van der Waals surface area contributed by atoms with Crippen molar-refractivity contribution in [1.82, 2.24) is 0 Å². The van der Waals surface area contributed by atoms with Crippen LogP contribution in [0.2, 0.25) is 10.0 Å². The summed E-state index contributed by atoms with van der Waals surface area (Å²) in [6.45, 7) is 1.48. The van der Waals surface area contributed by atoms with E-state index >= 15 is 0 Å². The van der Waals surface area contributed by atoms with Crippen LogP contribution < -0.4 is 10.1 Å². The molecule has 2 aromatic rings. The van der Waals surface area contributed by atoms with Gasteiger partial charge in [0.15, 0.2) is 11.5 Å². The van der Waals surface area contributed by atoms with E-state index in [0.717, 1.165) is 0 Å². The first-order valence-electron chi connectivity index (χ1n) is 6.37. The topological polar surface area (TPSA) is 55.4 Å². The largest absolute Gasteiger partial charge is 0.494 e. The summed E-state index contributed by atoms with van der Waals surface area (Å²) in [5, 5.41) is 3.22. The molecule has 4 nitrogen and oxygen atoms in total. The minimum atomic E-state index is -0.359. The lowest BCUT2D eigenvalue weighted by molar-refractivity contribution is 0.101. The van der Waals surface area contributed by atoms with Gasteiger partial charge in [0.05, 0.1) is 17.2 Å². The van der Waals surface area contributed by atoms with Crippen molar-refractivity contribution in [3.05, 3.63) is 57.6 Å². The number of Topliss-reactive ketones (excluding diaryl/α,β-unsaturated/α-hetero) is 1. The second-order valence-corrected chi connectivity index (χ2v) is 5.38. The average molecular weight is 338 g/mol. The number of benzene rings is 2. The fourth-order valence-corrected chi connectivity index (χ4v) is 2.52. The SMILES string of the molecule is COc1c(Cl)cc(C(=O)Nc2ccc(C(C)=O)cc2)cc1Cl. The summed E-state index contributed by atoms with van der Waals surface area (Å²) in [5.74, 6) is -0.0701. The molecular weight excluding hydrogens is 325 g/mol. The smallest absolute Gasteiger partial charge is 0.255 e. The number of ketones is 1. The van der Waals surface area contributed by atoms with Gasteiger partial charge in [0.1, 0.15) is 0 Å². The molecule has 0 heterocycles. The summed E-state index contributed by atoms with van der Waals surface area (Å²) in [6.07, 6.45) is 0. The highest BCUT2D eigenvalue weighted by Gasteiger charge is 2.13. The third kappa shape index (κ3) is 3.59. The maximum absolute atomic E-state index is 12.2. The molecule has 6 heteroatoms. The van der Waals surface area contributed by atoms with Gasteiger partial charge >= 0.3 is 0 Å². The molecule has 0 bridgehead atoms. The van der Waals surface area contributed by atoms with Gasteiger partial charge in [-0.1, -0.05) is 23.2 Å². The molecule has 0 aliphatic carbocycles. The number of rotatable bonds is 4. The van der Waals surface area contributed by atoms with Crippen molar-refractivity contribution in [2.45, 2.75) is 6.92 Å². The Morgan fingerprint density at radius 1 is 1.00 bits per heavy atom. The highest BCUT2D eigenvalue weighted by atomic mass is 35.5. The molecule has 1 N–H and O–H groups in total. The summed E-state index contributed by atoms with van der Waals surface area (Å²) in [4.78, 5) is 23.4. The number of carbonyl (C=O) groups excluding carboxylic acids is 2. The lowest BCUT2D eigenvalue weighted by atomic mass is 10.1. The molecule has 0 unspecified atom stereocenters. The first kappa shape index (κ1) is 16.3. The average Bonchev–Trinajstić information content (AvgIpc) is 2.47. The molecule has 0 aliphatic heterocycles. The van der Waals surface area contributed by atoms with Crippen molar-refractivity contribution in [3.8, 4) is 5.75 Å². The highest BCUT2D eigenvalue weighted by molar-refractivity contribution is 6.37. The molecule has 0 aliphatic rings. The molecule has 1 amide bonds. The van der Waals surface area contributed by atoms with E-state index in [1.165, 1.54) is 26.2 Å². The molecule has 0 atom stereocenters. The van der Waals surface area contributed by atoms with Crippen LogP contribution in [0, 0.1) is 0 Å². The van der Waals surface area contributed by atoms with E-state index in [-0.39, 0.29) is 21.7 Å². The maximum Gasteiger partial charge on any atom is 0.255 e.